The van der Waals surface area contributed by atoms with Crippen molar-refractivity contribution in [3.63, 3.8) is 0 Å². The van der Waals surface area contributed by atoms with Crippen LogP contribution in [0.25, 0.3) is 16.6 Å². The van der Waals surface area contributed by atoms with Crippen LogP contribution in [-0.2, 0) is 17.6 Å². The first-order valence-corrected chi connectivity index (χ1v) is 15.0. The van der Waals surface area contributed by atoms with Crippen molar-refractivity contribution in [2.75, 3.05) is 6.61 Å². The van der Waals surface area contributed by atoms with E-state index in [1.54, 1.807) is 0 Å². The van der Waals surface area contributed by atoms with Crippen LogP contribution in [-0.4, -0.2) is 27.0 Å². The van der Waals surface area contributed by atoms with E-state index in [2.05, 4.69) is 78.2 Å². The lowest BCUT2D eigenvalue weighted by atomic mass is 9.83. The van der Waals surface area contributed by atoms with Crippen LogP contribution >= 0.6 is 0 Å². The minimum Gasteiger partial charge on any atom is -0.394 e. The van der Waals surface area contributed by atoms with Gasteiger partial charge in [0.1, 0.15) is 5.65 Å². The molecular formula is C36H39N3O2. The smallest absolute Gasteiger partial charge is 0.228 e. The van der Waals surface area contributed by atoms with Gasteiger partial charge in [-0.05, 0) is 60.9 Å². The average Bonchev–Trinajstić information content (AvgIpc) is 3.64. The Balaban J connectivity index is 1.31. The highest BCUT2D eigenvalue weighted by Crippen LogP contribution is 2.38. The molecule has 1 amide bonds. The molecule has 0 spiro atoms. The quantitative estimate of drug-likeness (QED) is 0.208. The summed E-state index contributed by atoms with van der Waals surface area (Å²) in [6, 6.07) is 28.7. The van der Waals surface area contributed by atoms with Crippen LogP contribution in [0.15, 0.2) is 84.9 Å². The Hall–Kier alpha value is -3.96. The summed E-state index contributed by atoms with van der Waals surface area (Å²) in [6.07, 6.45) is 6.12. The van der Waals surface area contributed by atoms with Crippen LogP contribution in [0.4, 0.5) is 0 Å². The van der Waals surface area contributed by atoms with E-state index < -0.39 is 6.04 Å². The van der Waals surface area contributed by atoms with Gasteiger partial charge in [-0.1, -0.05) is 92.6 Å². The lowest BCUT2D eigenvalue weighted by Gasteiger charge is -2.26. The molecule has 1 fully saturated rings. The van der Waals surface area contributed by atoms with Crippen LogP contribution in [0.1, 0.15) is 78.2 Å². The molecule has 3 aromatic carbocycles. The van der Waals surface area contributed by atoms with Crippen molar-refractivity contribution in [3.05, 3.63) is 119 Å². The van der Waals surface area contributed by atoms with Gasteiger partial charge in [-0.2, -0.15) is 0 Å². The molecule has 6 rings (SSSR count). The fraction of sp³-hybridized carbons (Fsp3) is 0.333. The van der Waals surface area contributed by atoms with Gasteiger partial charge in [0.2, 0.25) is 5.91 Å². The largest absolute Gasteiger partial charge is 0.394 e. The second kappa shape index (κ2) is 11.9. The van der Waals surface area contributed by atoms with Crippen LogP contribution in [0.3, 0.4) is 0 Å². The lowest BCUT2D eigenvalue weighted by Crippen LogP contribution is -2.37. The summed E-state index contributed by atoms with van der Waals surface area (Å²) in [7, 11) is 0. The molecule has 2 atom stereocenters. The molecule has 1 aliphatic rings. The van der Waals surface area contributed by atoms with Crippen LogP contribution in [0, 0.1) is 12.8 Å². The number of nitrogens with zero attached hydrogens (tertiary/aromatic N) is 2. The number of aromatic nitrogens is 2. The molecule has 2 heterocycles. The van der Waals surface area contributed by atoms with Gasteiger partial charge in [0, 0.05) is 28.8 Å². The van der Waals surface area contributed by atoms with Crippen LogP contribution in [0.2, 0.25) is 0 Å². The predicted octanol–water partition coefficient (Wildman–Crippen LogP) is 7.07. The highest BCUT2D eigenvalue weighted by atomic mass is 16.3. The van der Waals surface area contributed by atoms with Gasteiger partial charge < -0.3 is 10.4 Å². The molecule has 0 radical (unpaired) electrons. The number of fused-ring (bicyclic) bond motifs is 3. The number of aliphatic hydroxyl groups excluding tert-OH is 1. The summed E-state index contributed by atoms with van der Waals surface area (Å²) in [5, 5.41) is 14.5. The number of rotatable bonds is 9. The molecule has 2 N–H and O–H groups in total. The topological polar surface area (TPSA) is 66.6 Å². The molecule has 5 aromatic rings. The Kier molecular flexibility index (Phi) is 7.89. The monoisotopic (exact) mass is 545 g/mol. The van der Waals surface area contributed by atoms with Crippen molar-refractivity contribution in [2.24, 2.45) is 5.92 Å². The molecule has 2 aromatic heterocycles. The number of aryl methyl sites for hydroxylation is 2. The molecule has 5 nitrogen and oxygen atoms in total. The van der Waals surface area contributed by atoms with Crippen molar-refractivity contribution in [1.82, 2.24) is 14.7 Å². The van der Waals surface area contributed by atoms with Crippen LogP contribution < -0.4 is 5.32 Å². The fourth-order valence-corrected chi connectivity index (χ4v) is 6.75. The summed E-state index contributed by atoms with van der Waals surface area (Å²) in [4.78, 5) is 18.8. The molecule has 1 aliphatic carbocycles. The third-order valence-electron chi connectivity index (χ3n) is 8.87. The van der Waals surface area contributed by atoms with E-state index in [1.807, 2.05) is 30.3 Å². The maximum atomic E-state index is 13.8. The number of hydrogen-bond donors (Lipinski definition) is 2. The van der Waals surface area contributed by atoms with Gasteiger partial charge in [0.05, 0.1) is 24.1 Å². The number of para-hydroxylation sites is 1. The van der Waals surface area contributed by atoms with Crippen molar-refractivity contribution < 1.29 is 9.90 Å². The second-order valence-electron chi connectivity index (χ2n) is 11.5. The predicted molar refractivity (Wildman–Crippen MR) is 165 cm³/mol. The van der Waals surface area contributed by atoms with Gasteiger partial charge in [0.15, 0.2) is 0 Å². The Morgan fingerprint density at radius 2 is 1.68 bits per heavy atom. The van der Waals surface area contributed by atoms with Gasteiger partial charge in [-0.15, -0.1) is 0 Å². The standard InChI is InChI=1S/C36H39N3O2/c1-3-29-21-24(2)39-33-16-10-9-15-30(33)31(35(39)37-29)22-25-17-19-28(20-18-25)34(27-13-7-8-14-27)36(41)38-32(23-40)26-11-5-4-6-12-26/h4-6,9-12,15-21,27,32,34,40H,3,7-8,13-14,22-23H2,1-2H3,(H,38,41)/t32-,34?/m0/s1. The van der Waals surface area contributed by atoms with Crippen molar-refractivity contribution in [2.45, 2.75) is 64.3 Å². The number of carbonyl (C=O) groups is 1. The maximum Gasteiger partial charge on any atom is 0.228 e. The summed E-state index contributed by atoms with van der Waals surface area (Å²) < 4.78 is 2.28. The number of amides is 1. The first-order chi connectivity index (χ1) is 20.1. The van der Waals surface area contributed by atoms with E-state index in [9.17, 15) is 9.90 Å². The molecule has 1 unspecified atom stereocenters. The van der Waals surface area contributed by atoms with E-state index in [1.165, 1.54) is 27.7 Å². The highest BCUT2D eigenvalue weighted by molar-refractivity contribution is 5.91. The first-order valence-electron chi connectivity index (χ1n) is 15.0. The summed E-state index contributed by atoms with van der Waals surface area (Å²) in [5.41, 5.74) is 8.95. The second-order valence-corrected chi connectivity index (χ2v) is 11.5. The third kappa shape index (κ3) is 5.39. The zero-order chi connectivity index (χ0) is 28.3. The van der Waals surface area contributed by atoms with E-state index in [-0.39, 0.29) is 18.4 Å². The minimum atomic E-state index is -0.410. The minimum absolute atomic E-state index is 0.00347. The van der Waals surface area contributed by atoms with Gasteiger partial charge in [-0.3, -0.25) is 9.20 Å². The SMILES string of the molecule is CCc1cc(C)n2c(n1)c(Cc1ccc(C(C(=O)N[C@@H](CO)c3ccccc3)C3CCCC3)cc1)c1ccccc12. The molecule has 0 saturated heterocycles. The Morgan fingerprint density at radius 3 is 2.39 bits per heavy atom. The fourth-order valence-electron chi connectivity index (χ4n) is 6.75. The van der Waals surface area contributed by atoms with Crippen molar-refractivity contribution >= 4 is 22.5 Å². The first kappa shape index (κ1) is 27.2. The lowest BCUT2D eigenvalue weighted by molar-refractivity contribution is -0.124. The summed E-state index contributed by atoms with van der Waals surface area (Å²) in [5.74, 6) is 0.0931. The normalized spacial score (nSPS) is 15.4. The molecule has 5 heteroatoms. The molecular weight excluding hydrogens is 506 g/mol. The molecule has 0 aliphatic heterocycles. The van der Waals surface area contributed by atoms with Crippen molar-refractivity contribution in [3.8, 4) is 0 Å². The van der Waals surface area contributed by atoms with E-state index in [0.717, 1.165) is 61.0 Å². The summed E-state index contributed by atoms with van der Waals surface area (Å²) in [6.45, 7) is 4.18. The zero-order valence-electron chi connectivity index (χ0n) is 24.0. The number of nitrogens with one attached hydrogen (secondary N) is 1. The third-order valence-corrected chi connectivity index (χ3v) is 8.87. The highest BCUT2D eigenvalue weighted by Gasteiger charge is 2.33. The van der Waals surface area contributed by atoms with Gasteiger partial charge >= 0.3 is 0 Å². The molecule has 1 saturated carbocycles. The summed E-state index contributed by atoms with van der Waals surface area (Å²) >= 11 is 0. The van der Waals surface area contributed by atoms with E-state index >= 15 is 0 Å². The van der Waals surface area contributed by atoms with Crippen molar-refractivity contribution in [1.29, 1.82) is 0 Å². The van der Waals surface area contributed by atoms with Gasteiger partial charge in [0.25, 0.3) is 0 Å². The number of hydrogen-bond acceptors (Lipinski definition) is 3. The number of benzene rings is 3. The molecule has 0 bridgehead atoms. The maximum absolute atomic E-state index is 13.8. The van der Waals surface area contributed by atoms with E-state index in [0.29, 0.717) is 5.92 Å². The Labute approximate surface area is 242 Å². The van der Waals surface area contributed by atoms with E-state index in [4.69, 9.17) is 4.98 Å². The molecule has 41 heavy (non-hydrogen) atoms. The Morgan fingerprint density at radius 1 is 0.976 bits per heavy atom. The molecule has 210 valence electrons. The Bertz CT molecular complexity index is 1650. The van der Waals surface area contributed by atoms with Gasteiger partial charge in [-0.25, -0.2) is 4.98 Å². The van der Waals surface area contributed by atoms with Crippen LogP contribution in [0.5, 0.6) is 0 Å². The number of aliphatic hydroxyl groups is 1. The zero-order valence-corrected chi connectivity index (χ0v) is 24.0. The number of carbonyl (C=O) groups excluding carboxylic acids is 1. The average molecular weight is 546 g/mol.